The molecular formula is C16H15ClN6O2. The Kier molecular flexibility index (Phi) is 5.00. The van der Waals surface area contributed by atoms with Gasteiger partial charge in [0, 0.05) is 11.6 Å². The fourth-order valence-electron chi connectivity index (χ4n) is 2.01. The Bertz CT molecular complexity index is 852. The van der Waals surface area contributed by atoms with Crippen molar-refractivity contribution in [3.05, 3.63) is 65.3 Å². The van der Waals surface area contributed by atoms with Crippen LogP contribution < -0.4 is 21.9 Å². The second kappa shape index (κ2) is 7.54. The number of anilines is 3. The number of carbonyl (C=O) groups is 1. The second-order valence-electron chi connectivity index (χ2n) is 5.02. The number of hydrogen-bond donors (Lipinski definition) is 4. The van der Waals surface area contributed by atoms with Gasteiger partial charge in [-0.25, -0.2) is 9.97 Å². The molecule has 8 nitrogen and oxygen atoms in total. The van der Waals surface area contributed by atoms with Crippen molar-refractivity contribution in [2.75, 3.05) is 16.5 Å². The van der Waals surface area contributed by atoms with Crippen LogP contribution in [0.15, 0.2) is 53.4 Å². The Morgan fingerprint density at radius 1 is 1.16 bits per heavy atom. The molecule has 5 N–H and O–H groups in total. The van der Waals surface area contributed by atoms with Gasteiger partial charge < -0.3 is 15.5 Å². The molecule has 0 saturated carbocycles. The van der Waals surface area contributed by atoms with Crippen molar-refractivity contribution >= 4 is 34.8 Å². The van der Waals surface area contributed by atoms with Crippen LogP contribution in [0.25, 0.3) is 0 Å². The van der Waals surface area contributed by atoms with Crippen molar-refractivity contribution in [2.24, 2.45) is 0 Å². The smallest absolute Gasteiger partial charge is 0.305 e. The van der Waals surface area contributed by atoms with Gasteiger partial charge in [-0.2, -0.15) is 0 Å². The fourth-order valence-corrected chi connectivity index (χ4v) is 2.14. The lowest BCUT2D eigenvalue weighted by atomic mass is 10.2. The lowest BCUT2D eigenvalue weighted by molar-refractivity contribution is 0.0935. The van der Waals surface area contributed by atoms with Crippen LogP contribution in [0.3, 0.4) is 0 Å². The zero-order chi connectivity index (χ0) is 17.6. The number of hydrogen-bond acceptors (Lipinski definition) is 7. The summed E-state index contributed by atoms with van der Waals surface area (Å²) in [5.41, 5.74) is 12.4. The highest BCUT2D eigenvalue weighted by atomic mass is 35.5. The SMILES string of the molecule is Nc1c(NCc2ccc(Cl)cc2)ncnc1NNC(=O)c1ccco1. The standard InChI is InChI=1S/C16H15ClN6O2/c17-11-5-3-10(4-6-11)8-19-14-13(18)15(21-9-20-14)22-23-16(24)12-2-1-7-25-12/h1-7,9H,8,18H2,(H,23,24)(H2,19,20,21,22). The van der Waals surface area contributed by atoms with E-state index in [4.69, 9.17) is 21.8 Å². The molecule has 0 saturated heterocycles. The fraction of sp³-hybridized carbons (Fsp3) is 0.0625. The van der Waals surface area contributed by atoms with Crippen LogP contribution in [0.5, 0.6) is 0 Å². The van der Waals surface area contributed by atoms with Gasteiger partial charge in [0.2, 0.25) is 0 Å². The summed E-state index contributed by atoms with van der Waals surface area (Å²) in [6.07, 6.45) is 2.74. The van der Waals surface area contributed by atoms with Gasteiger partial charge in [0.15, 0.2) is 17.4 Å². The predicted octanol–water partition coefficient (Wildman–Crippen LogP) is 2.67. The van der Waals surface area contributed by atoms with E-state index in [1.54, 1.807) is 24.3 Å². The van der Waals surface area contributed by atoms with E-state index in [9.17, 15) is 4.79 Å². The summed E-state index contributed by atoms with van der Waals surface area (Å²) in [5, 5.41) is 3.78. The van der Waals surface area contributed by atoms with E-state index in [1.165, 1.54) is 12.6 Å². The lowest BCUT2D eigenvalue weighted by Gasteiger charge is -2.12. The summed E-state index contributed by atoms with van der Waals surface area (Å²) in [5.74, 6) is 0.438. The average Bonchev–Trinajstić information content (AvgIpc) is 3.16. The van der Waals surface area contributed by atoms with Crippen molar-refractivity contribution < 1.29 is 9.21 Å². The number of nitrogen functional groups attached to an aromatic ring is 1. The molecule has 0 aliphatic rings. The van der Waals surface area contributed by atoms with Gasteiger partial charge in [-0.05, 0) is 29.8 Å². The maximum Gasteiger partial charge on any atom is 0.305 e. The van der Waals surface area contributed by atoms with Crippen molar-refractivity contribution in [3.8, 4) is 0 Å². The highest BCUT2D eigenvalue weighted by molar-refractivity contribution is 6.30. The number of halogens is 1. The Hall–Kier alpha value is -3.26. The third-order valence-electron chi connectivity index (χ3n) is 3.30. The molecule has 1 aromatic carbocycles. The summed E-state index contributed by atoms with van der Waals surface area (Å²) in [4.78, 5) is 19.9. The predicted molar refractivity (Wildman–Crippen MR) is 95.0 cm³/mol. The maximum atomic E-state index is 11.8. The molecule has 0 fully saturated rings. The molecule has 3 rings (SSSR count). The second-order valence-corrected chi connectivity index (χ2v) is 5.46. The zero-order valence-corrected chi connectivity index (χ0v) is 13.7. The number of nitrogens with zero attached hydrogens (tertiary/aromatic N) is 2. The van der Waals surface area contributed by atoms with Crippen LogP contribution in [-0.2, 0) is 6.54 Å². The lowest BCUT2D eigenvalue weighted by Crippen LogP contribution is -2.30. The van der Waals surface area contributed by atoms with Crippen LogP contribution in [-0.4, -0.2) is 15.9 Å². The molecule has 0 bridgehead atoms. The van der Waals surface area contributed by atoms with E-state index < -0.39 is 5.91 Å². The largest absolute Gasteiger partial charge is 0.459 e. The monoisotopic (exact) mass is 358 g/mol. The van der Waals surface area contributed by atoms with Crippen molar-refractivity contribution in [1.82, 2.24) is 15.4 Å². The number of nitrogens with one attached hydrogen (secondary N) is 3. The van der Waals surface area contributed by atoms with Gasteiger partial charge in [0.1, 0.15) is 12.0 Å². The molecule has 1 amide bonds. The van der Waals surface area contributed by atoms with E-state index in [2.05, 4.69) is 26.1 Å². The summed E-state index contributed by atoms with van der Waals surface area (Å²) in [6, 6.07) is 10.6. The van der Waals surface area contributed by atoms with Crippen LogP contribution >= 0.6 is 11.6 Å². The highest BCUT2D eigenvalue weighted by Gasteiger charge is 2.11. The highest BCUT2D eigenvalue weighted by Crippen LogP contribution is 2.22. The van der Waals surface area contributed by atoms with Crippen LogP contribution in [0.4, 0.5) is 17.3 Å². The molecule has 3 aromatic rings. The number of furan rings is 1. The molecule has 0 atom stereocenters. The number of nitrogens with two attached hydrogens (primary N) is 1. The average molecular weight is 359 g/mol. The molecule has 128 valence electrons. The normalized spacial score (nSPS) is 10.3. The number of rotatable bonds is 6. The minimum Gasteiger partial charge on any atom is -0.459 e. The van der Waals surface area contributed by atoms with Crippen LogP contribution in [0.1, 0.15) is 16.1 Å². The minimum absolute atomic E-state index is 0.168. The Morgan fingerprint density at radius 3 is 2.64 bits per heavy atom. The molecular weight excluding hydrogens is 344 g/mol. The van der Waals surface area contributed by atoms with Crippen LogP contribution in [0, 0.1) is 0 Å². The van der Waals surface area contributed by atoms with E-state index in [0.717, 1.165) is 5.56 Å². The molecule has 0 aliphatic heterocycles. The van der Waals surface area contributed by atoms with E-state index in [0.29, 0.717) is 17.4 Å². The van der Waals surface area contributed by atoms with E-state index >= 15 is 0 Å². The van der Waals surface area contributed by atoms with Gasteiger partial charge in [-0.15, -0.1) is 0 Å². The molecule has 2 aromatic heterocycles. The van der Waals surface area contributed by atoms with Crippen molar-refractivity contribution in [1.29, 1.82) is 0 Å². The summed E-state index contributed by atoms with van der Waals surface area (Å²) in [6.45, 7) is 0.510. The van der Waals surface area contributed by atoms with Gasteiger partial charge in [0.25, 0.3) is 0 Å². The first-order chi connectivity index (χ1) is 12.1. The topological polar surface area (TPSA) is 118 Å². The Morgan fingerprint density at radius 2 is 1.92 bits per heavy atom. The third kappa shape index (κ3) is 4.18. The number of amides is 1. The number of hydrazine groups is 1. The Labute approximate surface area is 148 Å². The third-order valence-corrected chi connectivity index (χ3v) is 3.55. The molecule has 2 heterocycles. The zero-order valence-electron chi connectivity index (χ0n) is 13.0. The summed E-state index contributed by atoms with van der Waals surface area (Å²) < 4.78 is 5.00. The van der Waals surface area contributed by atoms with Crippen molar-refractivity contribution in [2.45, 2.75) is 6.54 Å². The summed E-state index contributed by atoms with van der Waals surface area (Å²) >= 11 is 5.86. The molecule has 0 unspecified atom stereocenters. The van der Waals surface area contributed by atoms with Crippen LogP contribution in [0.2, 0.25) is 5.02 Å². The first kappa shape index (κ1) is 16.6. The quantitative estimate of drug-likeness (QED) is 0.500. The molecule has 0 spiro atoms. The van der Waals surface area contributed by atoms with Gasteiger partial charge >= 0.3 is 5.91 Å². The van der Waals surface area contributed by atoms with E-state index in [1.807, 2.05) is 12.1 Å². The number of aromatic nitrogens is 2. The van der Waals surface area contributed by atoms with E-state index in [-0.39, 0.29) is 17.3 Å². The molecule has 25 heavy (non-hydrogen) atoms. The van der Waals surface area contributed by atoms with Gasteiger partial charge in [-0.1, -0.05) is 23.7 Å². The van der Waals surface area contributed by atoms with Gasteiger partial charge in [-0.3, -0.25) is 15.6 Å². The van der Waals surface area contributed by atoms with Gasteiger partial charge in [0.05, 0.1) is 6.26 Å². The minimum atomic E-state index is -0.446. The maximum absolute atomic E-state index is 11.8. The number of benzene rings is 1. The summed E-state index contributed by atoms with van der Waals surface area (Å²) in [7, 11) is 0. The first-order valence-electron chi connectivity index (χ1n) is 7.32. The molecule has 0 aliphatic carbocycles. The molecule has 9 heteroatoms. The first-order valence-corrected chi connectivity index (χ1v) is 7.70. The Balaban J connectivity index is 1.63. The molecule has 0 radical (unpaired) electrons. The number of carbonyl (C=O) groups excluding carboxylic acids is 1. The van der Waals surface area contributed by atoms with Crippen molar-refractivity contribution in [3.63, 3.8) is 0 Å².